The summed E-state index contributed by atoms with van der Waals surface area (Å²) in [5, 5.41) is 6.44. The molecule has 0 radical (unpaired) electrons. The average Bonchev–Trinajstić information content (AvgIpc) is 3.37. The van der Waals surface area contributed by atoms with Crippen LogP contribution in [0.2, 0.25) is 5.02 Å². The Labute approximate surface area is 248 Å². The average molecular weight is 595 g/mol. The normalized spacial score (nSPS) is 19.1. The second kappa shape index (κ2) is 12.9. The number of aromatic nitrogens is 1. The molecule has 2 heterocycles. The smallest absolute Gasteiger partial charge is 0.296 e. The lowest BCUT2D eigenvalue weighted by molar-refractivity contribution is -0.142. The van der Waals surface area contributed by atoms with Crippen molar-refractivity contribution in [2.45, 2.75) is 57.3 Å². The van der Waals surface area contributed by atoms with Gasteiger partial charge in [-0.25, -0.2) is 0 Å². The van der Waals surface area contributed by atoms with E-state index in [2.05, 4.69) is 15.6 Å². The molecule has 11 nitrogen and oxygen atoms in total. The van der Waals surface area contributed by atoms with E-state index in [1.54, 1.807) is 30.0 Å². The van der Waals surface area contributed by atoms with Crippen LogP contribution in [0.25, 0.3) is 11.1 Å². The third-order valence-electron chi connectivity index (χ3n) is 8.08. The molecule has 4 N–H and O–H groups in total. The topological polar surface area (TPSA) is 151 Å². The van der Waals surface area contributed by atoms with Gasteiger partial charge in [-0.1, -0.05) is 55.1 Å². The van der Waals surface area contributed by atoms with Crippen molar-refractivity contribution in [2.75, 3.05) is 25.0 Å². The summed E-state index contributed by atoms with van der Waals surface area (Å²) in [6.45, 7) is 3.05. The Kier molecular flexibility index (Phi) is 9.08. The number of nitrogens with zero attached hydrogens (tertiary/aromatic N) is 3. The molecule has 0 bridgehead atoms. The van der Waals surface area contributed by atoms with Crippen LogP contribution in [-0.4, -0.2) is 76.0 Å². The molecule has 3 amide bonds. The van der Waals surface area contributed by atoms with Gasteiger partial charge in [0.05, 0.1) is 6.04 Å². The number of para-hydroxylation sites is 2. The van der Waals surface area contributed by atoms with Crippen molar-refractivity contribution >= 4 is 52.2 Å². The van der Waals surface area contributed by atoms with Gasteiger partial charge in [-0.15, -0.1) is 0 Å². The molecule has 1 aliphatic carbocycles. The first-order valence-electron chi connectivity index (χ1n) is 14.2. The number of primary amides is 1. The van der Waals surface area contributed by atoms with Gasteiger partial charge in [-0.3, -0.25) is 24.1 Å². The van der Waals surface area contributed by atoms with Crippen LogP contribution < -0.4 is 16.4 Å². The Balaban J connectivity index is 1.31. The second-order valence-corrected chi connectivity index (χ2v) is 11.5. The highest BCUT2D eigenvalue weighted by atomic mass is 35.5. The molecule has 222 valence electrons. The number of benzene rings is 2. The van der Waals surface area contributed by atoms with Crippen LogP contribution >= 0.6 is 11.6 Å². The number of fused-ring (bicyclic) bond motifs is 1. The number of halogens is 1. The van der Waals surface area contributed by atoms with E-state index in [0.717, 1.165) is 24.8 Å². The molecular weight excluding hydrogens is 560 g/mol. The number of amides is 3. The number of hydrogen-bond acceptors (Lipinski definition) is 8. The van der Waals surface area contributed by atoms with Gasteiger partial charge < -0.3 is 25.7 Å². The number of ketones is 1. The summed E-state index contributed by atoms with van der Waals surface area (Å²) in [7, 11) is 0. The molecule has 3 atom stereocenters. The van der Waals surface area contributed by atoms with E-state index in [-0.39, 0.29) is 24.4 Å². The predicted molar refractivity (Wildman–Crippen MR) is 157 cm³/mol. The van der Waals surface area contributed by atoms with Gasteiger partial charge in [-0.2, -0.15) is 4.98 Å². The van der Waals surface area contributed by atoms with Crippen molar-refractivity contribution in [2.24, 2.45) is 11.7 Å². The van der Waals surface area contributed by atoms with Crippen molar-refractivity contribution in [1.29, 1.82) is 0 Å². The van der Waals surface area contributed by atoms with E-state index >= 15 is 0 Å². The maximum atomic E-state index is 13.7. The molecule has 5 rings (SSSR count). The Bertz CT molecular complexity index is 1420. The number of anilines is 1. The number of oxazole rings is 1. The molecule has 3 aromatic rings. The Hall–Kier alpha value is -3.96. The zero-order valence-corrected chi connectivity index (χ0v) is 24.2. The van der Waals surface area contributed by atoms with E-state index in [9.17, 15) is 19.2 Å². The fourth-order valence-electron chi connectivity index (χ4n) is 5.47. The molecular formula is C30H35ClN6O5. The van der Waals surface area contributed by atoms with Gasteiger partial charge in [0, 0.05) is 31.2 Å². The Morgan fingerprint density at radius 1 is 1.10 bits per heavy atom. The molecule has 2 aromatic carbocycles. The summed E-state index contributed by atoms with van der Waals surface area (Å²) >= 11 is 6.06. The third-order valence-corrected chi connectivity index (χ3v) is 8.33. The maximum absolute atomic E-state index is 13.7. The SMILES string of the molecule is C[C@H](Nc1nc2ccccc2o1)C(=O)N1CCN(Cc2ccc(Cl)cc2)[C@@H](C(=O)NC(CC2CCC2)C(=O)C(N)=O)C1. The van der Waals surface area contributed by atoms with E-state index in [4.69, 9.17) is 21.8 Å². The monoisotopic (exact) mass is 594 g/mol. The van der Waals surface area contributed by atoms with E-state index in [1.165, 1.54) is 0 Å². The summed E-state index contributed by atoms with van der Waals surface area (Å²) < 4.78 is 5.71. The second-order valence-electron chi connectivity index (χ2n) is 11.1. The van der Waals surface area contributed by atoms with Crippen LogP contribution in [0.5, 0.6) is 0 Å². The first kappa shape index (κ1) is 29.5. The number of Topliss-reactive ketones (excluding diaryl/α,β-unsaturated/α-hetero) is 1. The molecule has 1 unspecified atom stereocenters. The van der Waals surface area contributed by atoms with Crippen molar-refractivity contribution in [3.8, 4) is 0 Å². The molecule has 42 heavy (non-hydrogen) atoms. The van der Waals surface area contributed by atoms with E-state index in [0.29, 0.717) is 42.2 Å². The number of rotatable bonds is 11. The standard InChI is InChI=1S/C30H35ClN6O5/c1-18(33-30-35-22-7-2-3-8-25(22)42-30)29(41)37-14-13-36(16-20-9-11-21(31)12-10-20)24(17-37)28(40)34-23(26(38)27(32)39)15-19-5-4-6-19/h2-3,7-12,18-19,23-24H,4-6,13-17H2,1H3,(H2,32,39)(H,33,35)(H,34,40)/t18-,23?,24+/m0/s1. The van der Waals surface area contributed by atoms with Crippen molar-refractivity contribution in [3.63, 3.8) is 0 Å². The maximum Gasteiger partial charge on any atom is 0.296 e. The zero-order chi connectivity index (χ0) is 29.8. The number of carbonyl (C=O) groups is 4. The summed E-state index contributed by atoms with van der Waals surface area (Å²) in [6, 6.07) is 12.4. The molecule has 0 spiro atoms. The quantitative estimate of drug-likeness (QED) is 0.287. The van der Waals surface area contributed by atoms with Crippen molar-refractivity contribution in [3.05, 3.63) is 59.1 Å². The number of nitrogens with two attached hydrogens (primary N) is 1. The van der Waals surface area contributed by atoms with Gasteiger partial charge in [0.1, 0.15) is 17.6 Å². The lowest BCUT2D eigenvalue weighted by atomic mass is 9.80. The fraction of sp³-hybridized carbons (Fsp3) is 0.433. The molecule has 2 fully saturated rings. The number of piperazine rings is 1. The fourth-order valence-corrected chi connectivity index (χ4v) is 5.60. The van der Waals surface area contributed by atoms with Crippen LogP contribution in [0.4, 0.5) is 6.01 Å². The highest BCUT2D eigenvalue weighted by Gasteiger charge is 2.38. The minimum Gasteiger partial charge on any atom is -0.424 e. The van der Waals surface area contributed by atoms with Gasteiger partial charge >= 0.3 is 0 Å². The van der Waals surface area contributed by atoms with E-state index in [1.807, 2.05) is 35.2 Å². The van der Waals surface area contributed by atoms with E-state index < -0.39 is 35.7 Å². The molecule has 1 aliphatic heterocycles. The first-order chi connectivity index (χ1) is 20.2. The third kappa shape index (κ3) is 6.91. The summed E-state index contributed by atoms with van der Waals surface area (Å²) in [5.41, 5.74) is 7.54. The number of carbonyl (C=O) groups excluding carboxylic acids is 4. The minimum atomic E-state index is -1.07. The highest BCUT2D eigenvalue weighted by molar-refractivity contribution is 6.37. The zero-order valence-electron chi connectivity index (χ0n) is 23.4. The molecule has 12 heteroatoms. The predicted octanol–water partition coefficient (Wildman–Crippen LogP) is 2.72. The van der Waals surface area contributed by atoms with Gasteiger partial charge in [0.15, 0.2) is 5.58 Å². The lowest BCUT2D eigenvalue weighted by Gasteiger charge is -2.42. The van der Waals surface area contributed by atoms with Gasteiger partial charge in [0.2, 0.25) is 17.6 Å². The Morgan fingerprint density at radius 3 is 2.50 bits per heavy atom. The van der Waals surface area contributed by atoms with Crippen LogP contribution in [0, 0.1) is 5.92 Å². The molecule has 2 aliphatic rings. The Morgan fingerprint density at radius 2 is 1.83 bits per heavy atom. The van der Waals surface area contributed by atoms with Crippen LogP contribution in [-0.2, 0) is 25.7 Å². The first-order valence-corrected chi connectivity index (χ1v) is 14.6. The summed E-state index contributed by atoms with van der Waals surface area (Å²) in [4.78, 5) is 59.7. The van der Waals surface area contributed by atoms with Crippen LogP contribution in [0.3, 0.4) is 0 Å². The molecule has 1 aromatic heterocycles. The molecule has 1 saturated carbocycles. The van der Waals surface area contributed by atoms with Crippen molar-refractivity contribution in [1.82, 2.24) is 20.1 Å². The lowest BCUT2D eigenvalue weighted by Crippen LogP contribution is -2.62. The largest absolute Gasteiger partial charge is 0.424 e. The highest BCUT2D eigenvalue weighted by Crippen LogP contribution is 2.31. The van der Waals surface area contributed by atoms with Crippen molar-refractivity contribution < 1.29 is 23.6 Å². The van der Waals surface area contributed by atoms with Crippen LogP contribution in [0.1, 0.15) is 38.2 Å². The summed E-state index contributed by atoms with van der Waals surface area (Å²) in [5.74, 6) is -2.27. The summed E-state index contributed by atoms with van der Waals surface area (Å²) in [6.07, 6.45) is 3.31. The van der Waals surface area contributed by atoms with Gasteiger partial charge in [0.25, 0.3) is 11.9 Å². The number of hydrogen-bond donors (Lipinski definition) is 3. The number of nitrogens with one attached hydrogen (secondary N) is 2. The van der Waals surface area contributed by atoms with Gasteiger partial charge in [-0.05, 0) is 49.1 Å². The minimum absolute atomic E-state index is 0.0960. The molecule has 1 saturated heterocycles. The van der Waals surface area contributed by atoms with Crippen LogP contribution in [0.15, 0.2) is 52.9 Å².